The molecule has 0 bridgehead atoms. The molecule has 4 heteroatoms. The lowest BCUT2D eigenvalue weighted by Crippen LogP contribution is -2.32. The molecule has 0 saturated heterocycles. The maximum atomic E-state index is 11.8. The topological polar surface area (TPSA) is 59.3 Å². The number of rotatable bonds is 1. The smallest absolute Gasteiger partial charge is 0.336 e. The molecule has 0 unspecified atom stereocenters. The second kappa shape index (κ2) is 3.63. The Hall–Kier alpha value is -1.84. The number of carbonyl (C=O) groups excluding carboxylic acids is 1. The molecule has 0 aliphatic carbocycles. The lowest BCUT2D eigenvalue weighted by atomic mass is 9.94. The van der Waals surface area contributed by atoms with Gasteiger partial charge in [-0.05, 0) is 11.5 Å². The van der Waals surface area contributed by atoms with Crippen LogP contribution >= 0.6 is 0 Å². The molecule has 1 amide bonds. The summed E-state index contributed by atoms with van der Waals surface area (Å²) in [6.45, 7) is 7.55. The van der Waals surface area contributed by atoms with Crippen LogP contribution in [0.3, 0.4) is 0 Å². The van der Waals surface area contributed by atoms with E-state index < -0.39 is 5.63 Å². The quantitative estimate of drug-likeness (QED) is 0.779. The Morgan fingerprint density at radius 3 is 2.75 bits per heavy atom. The van der Waals surface area contributed by atoms with Gasteiger partial charge < -0.3 is 9.73 Å². The van der Waals surface area contributed by atoms with Gasteiger partial charge in [-0.25, -0.2) is 4.79 Å². The van der Waals surface area contributed by atoms with E-state index in [9.17, 15) is 9.59 Å². The van der Waals surface area contributed by atoms with Crippen LogP contribution in [-0.2, 0) is 6.42 Å². The van der Waals surface area contributed by atoms with Crippen molar-refractivity contribution in [3.63, 3.8) is 0 Å². The number of carbonyl (C=O) groups is 1. The second-order valence-electron chi connectivity index (χ2n) is 4.21. The van der Waals surface area contributed by atoms with E-state index in [1.807, 2.05) is 13.8 Å². The monoisotopic (exact) mass is 219 g/mol. The number of fused-ring (bicyclic) bond motifs is 1. The van der Waals surface area contributed by atoms with Crippen LogP contribution in [0.1, 0.15) is 41.4 Å². The lowest BCUT2D eigenvalue weighted by Gasteiger charge is -2.20. The van der Waals surface area contributed by atoms with E-state index in [4.69, 9.17) is 4.42 Å². The Labute approximate surface area is 93.0 Å². The largest absolute Gasteiger partial charge is 0.427 e. The van der Waals surface area contributed by atoms with Crippen molar-refractivity contribution in [1.82, 2.24) is 5.32 Å². The minimum absolute atomic E-state index is 0.106. The standard InChI is InChI=1S/C12H13NO3/c1-6(2)8-5-10(14)16-9-4-7(3)13-12(15)11(8)9/h5-6H,3-4H2,1-2H3,(H,13,15). The first-order valence-electron chi connectivity index (χ1n) is 5.15. The van der Waals surface area contributed by atoms with Gasteiger partial charge in [0.15, 0.2) is 0 Å². The third-order valence-electron chi connectivity index (χ3n) is 2.58. The first kappa shape index (κ1) is 10.7. The number of hydrogen-bond acceptors (Lipinski definition) is 3. The SMILES string of the molecule is C=C1Cc2oc(=O)cc(C(C)C)c2C(=O)N1. The van der Waals surface area contributed by atoms with Gasteiger partial charge in [0.1, 0.15) is 5.76 Å². The summed E-state index contributed by atoms with van der Waals surface area (Å²) in [6.07, 6.45) is 0.386. The van der Waals surface area contributed by atoms with Gasteiger partial charge in [-0.15, -0.1) is 0 Å². The second-order valence-corrected chi connectivity index (χ2v) is 4.21. The molecule has 0 spiro atoms. The Kier molecular flexibility index (Phi) is 2.42. The average Bonchev–Trinajstić information content (AvgIpc) is 2.14. The fraction of sp³-hybridized carbons (Fsp3) is 0.333. The first-order chi connectivity index (χ1) is 7.49. The van der Waals surface area contributed by atoms with E-state index in [-0.39, 0.29) is 11.8 Å². The zero-order valence-corrected chi connectivity index (χ0v) is 9.29. The van der Waals surface area contributed by atoms with Crippen LogP contribution in [0.5, 0.6) is 0 Å². The van der Waals surface area contributed by atoms with Crippen molar-refractivity contribution < 1.29 is 9.21 Å². The van der Waals surface area contributed by atoms with Crippen molar-refractivity contribution in [3.8, 4) is 0 Å². The first-order valence-corrected chi connectivity index (χ1v) is 5.15. The van der Waals surface area contributed by atoms with Crippen molar-refractivity contribution in [2.24, 2.45) is 0 Å². The van der Waals surface area contributed by atoms with Gasteiger partial charge in [-0.1, -0.05) is 20.4 Å². The molecule has 0 saturated carbocycles. The molecule has 16 heavy (non-hydrogen) atoms. The van der Waals surface area contributed by atoms with Gasteiger partial charge >= 0.3 is 5.63 Å². The van der Waals surface area contributed by atoms with Gasteiger partial charge in [0.2, 0.25) is 0 Å². The van der Waals surface area contributed by atoms with E-state index in [0.29, 0.717) is 23.4 Å². The number of allylic oxidation sites excluding steroid dienone is 1. The van der Waals surface area contributed by atoms with Crippen LogP contribution in [0.4, 0.5) is 0 Å². The molecule has 84 valence electrons. The van der Waals surface area contributed by atoms with Gasteiger partial charge in [0, 0.05) is 18.2 Å². The molecule has 4 nitrogen and oxygen atoms in total. The Bertz CT molecular complexity index is 526. The maximum absolute atomic E-state index is 11.8. The molecule has 0 atom stereocenters. The van der Waals surface area contributed by atoms with E-state index >= 15 is 0 Å². The summed E-state index contributed by atoms with van der Waals surface area (Å²) in [5.74, 6) is 0.290. The highest BCUT2D eigenvalue weighted by Crippen LogP contribution is 2.25. The molecule has 1 aromatic heterocycles. The van der Waals surface area contributed by atoms with Crippen LogP contribution < -0.4 is 10.9 Å². The van der Waals surface area contributed by atoms with Gasteiger partial charge in [0.25, 0.3) is 5.91 Å². The molecule has 1 aromatic rings. The Morgan fingerprint density at radius 1 is 1.44 bits per heavy atom. The summed E-state index contributed by atoms with van der Waals surface area (Å²) in [6, 6.07) is 1.39. The van der Waals surface area contributed by atoms with Crippen LogP contribution in [0.25, 0.3) is 0 Å². The minimum atomic E-state index is -0.412. The van der Waals surface area contributed by atoms with Crippen LogP contribution in [0.2, 0.25) is 0 Å². The van der Waals surface area contributed by atoms with Crippen molar-refractivity contribution >= 4 is 5.91 Å². The third-order valence-corrected chi connectivity index (χ3v) is 2.58. The molecule has 2 rings (SSSR count). The lowest BCUT2D eigenvalue weighted by molar-refractivity contribution is 0.0952. The number of hydrogen-bond donors (Lipinski definition) is 1. The van der Waals surface area contributed by atoms with E-state index in [1.165, 1.54) is 6.07 Å². The van der Waals surface area contributed by atoms with Gasteiger partial charge in [0.05, 0.1) is 5.56 Å². The van der Waals surface area contributed by atoms with Crippen molar-refractivity contribution in [2.75, 3.05) is 0 Å². The Morgan fingerprint density at radius 2 is 2.12 bits per heavy atom. The molecule has 1 aliphatic rings. The number of amides is 1. The average molecular weight is 219 g/mol. The summed E-state index contributed by atoms with van der Waals surface area (Å²) < 4.78 is 5.05. The van der Waals surface area contributed by atoms with Crippen molar-refractivity contribution in [1.29, 1.82) is 0 Å². The highest BCUT2D eigenvalue weighted by molar-refractivity contribution is 5.99. The molecule has 0 radical (unpaired) electrons. The fourth-order valence-electron chi connectivity index (χ4n) is 1.86. The predicted molar refractivity (Wildman–Crippen MR) is 59.4 cm³/mol. The summed E-state index contributed by atoms with van der Waals surface area (Å²) in [5, 5.41) is 2.65. The molecule has 1 N–H and O–H groups in total. The highest BCUT2D eigenvalue weighted by atomic mass is 16.4. The molecule has 0 aromatic carbocycles. The summed E-state index contributed by atoms with van der Waals surface area (Å²) in [4.78, 5) is 23.2. The van der Waals surface area contributed by atoms with E-state index in [2.05, 4.69) is 11.9 Å². The summed E-state index contributed by atoms with van der Waals surface area (Å²) in [5.41, 5.74) is 1.37. The van der Waals surface area contributed by atoms with E-state index in [0.717, 1.165) is 5.56 Å². The minimum Gasteiger partial charge on any atom is -0.427 e. The molecule has 0 fully saturated rings. The fourth-order valence-corrected chi connectivity index (χ4v) is 1.86. The summed E-state index contributed by atoms with van der Waals surface area (Å²) >= 11 is 0. The molecule has 2 heterocycles. The Balaban J connectivity index is 2.70. The van der Waals surface area contributed by atoms with Gasteiger partial charge in [-0.3, -0.25) is 4.79 Å². The number of nitrogens with one attached hydrogen (secondary N) is 1. The predicted octanol–water partition coefficient (Wildman–Crippen LogP) is 1.56. The van der Waals surface area contributed by atoms with Crippen LogP contribution in [-0.4, -0.2) is 5.91 Å². The molecular weight excluding hydrogens is 206 g/mol. The normalized spacial score (nSPS) is 14.9. The van der Waals surface area contributed by atoms with Crippen LogP contribution in [0, 0.1) is 0 Å². The highest BCUT2D eigenvalue weighted by Gasteiger charge is 2.26. The van der Waals surface area contributed by atoms with Gasteiger partial charge in [-0.2, -0.15) is 0 Å². The third kappa shape index (κ3) is 1.66. The van der Waals surface area contributed by atoms with E-state index in [1.54, 1.807) is 0 Å². The maximum Gasteiger partial charge on any atom is 0.336 e. The zero-order chi connectivity index (χ0) is 11.9. The van der Waals surface area contributed by atoms with Crippen molar-refractivity contribution in [3.05, 3.63) is 45.6 Å². The molecular formula is C12H13NO3. The van der Waals surface area contributed by atoms with Crippen LogP contribution in [0.15, 0.2) is 27.6 Å². The zero-order valence-electron chi connectivity index (χ0n) is 9.29. The molecule has 1 aliphatic heterocycles. The van der Waals surface area contributed by atoms with Crippen molar-refractivity contribution in [2.45, 2.75) is 26.2 Å². The summed E-state index contributed by atoms with van der Waals surface area (Å²) in [7, 11) is 0.